The summed E-state index contributed by atoms with van der Waals surface area (Å²) in [7, 11) is 0. The van der Waals surface area contributed by atoms with Crippen LogP contribution in [0.2, 0.25) is 0 Å². The fourth-order valence-corrected chi connectivity index (χ4v) is 2.01. The molecule has 90 valence electrons. The number of carbonyl (C=O) groups is 3. The van der Waals surface area contributed by atoms with Gasteiger partial charge in [0, 0.05) is 12.0 Å². The van der Waals surface area contributed by atoms with E-state index in [9.17, 15) is 14.4 Å². The van der Waals surface area contributed by atoms with E-state index in [1.54, 1.807) is 30.3 Å². The van der Waals surface area contributed by atoms with Gasteiger partial charge in [0.1, 0.15) is 5.25 Å². The summed E-state index contributed by atoms with van der Waals surface area (Å²) in [5, 5.41) is 7.31. The van der Waals surface area contributed by atoms with Crippen molar-refractivity contribution in [2.75, 3.05) is 0 Å². The number of primary amides is 1. The zero-order chi connectivity index (χ0) is 12.8. The van der Waals surface area contributed by atoms with E-state index in [0.717, 1.165) is 0 Å². The van der Waals surface area contributed by atoms with Gasteiger partial charge in [-0.2, -0.15) is 0 Å². The number of aliphatic carboxylic acids is 1. The van der Waals surface area contributed by atoms with Crippen LogP contribution in [0, 0.1) is 0 Å². The molecule has 1 aromatic rings. The van der Waals surface area contributed by atoms with E-state index in [-0.39, 0.29) is 11.5 Å². The Morgan fingerprint density at radius 3 is 2.29 bits per heavy atom. The SMILES string of the molecule is NC(=O)C[C@H](SC(=O)c1ccccc1)C(=O)O. The maximum Gasteiger partial charge on any atom is 0.317 e. The number of amides is 1. The van der Waals surface area contributed by atoms with Crippen LogP contribution in [0.5, 0.6) is 0 Å². The first kappa shape index (κ1) is 13.2. The molecule has 1 amide bonds. The van der Waals surface area contributed by atoms with E-state index in [2.05, 4.69) is 0 Å². The first-order valence-electron chi connectivity index (χ1n) is 4.78. The third kappa shape index (κ3) is 4.28. The number of nitrogens with two attached hydrogens (primary N) is 1. The molecular weight excluding hydrogens is 242 g/mol. The highest BCUT2D eigenvalue weighted by atomic mass is 32.2. The summed E-state index contributed by atoms with van der Waals surface area (Å²) in [4.78, 5) is 33.2. The van der Waals surface area contributed by atoms with Crippen LogP contribution in [0.3, 0.4) is 0 Å². The predicted molar refractivity (Wildman–Crippen MR) is 63.6 cm³/mol. The van der Waals surface area contributed by atoms with Crippen LogP contribution in [0.15, 0.2) is 30.3 Å². The first-order valence-corrected chi connectivity index (χ1v) is 5.66. The number of benzene rings is 1. The van der Waals surface area contributed by atoms with Crippen LogP contribution in [-0.2, 0) is 9.59 Å². The molecule has 0 unspecified atom stereocenters. The Bertz CT molecular complexity index is 432. The van der Waals surface area contributed by atoms with Crippen molar-refractivity contribution in [3.05, 3.63) is 35.9 Å². The summed E-state index contributed by atoms with van der Waals surface area (Å²) < 4.78 is 0. The van der Waals surface area contributed by atoms with Gasteiger partial charge >= 0.3 is 5.97 Å². The van der Waals surface area contributed by atoms with Gasteiger partial charge in [-0.05, 0) is 0 Å². The average molecular weight is 253 g/mol. The Morgan fingerprint density at radius 2 is 1.82 bits per heavy atom. The quantitative estimate of drug-likeness (QED) is 0.812. The zero-order valence-electron chi connectivity index (χ0n) is 8.83. The van der Waals surface area contributed by atoms with Crippen molar-refractivity contribution in [1.82, 2.24) is 0 Å². The number of hydrogen-bond donors (Lipinski definition) is 2. The van der Waals surface area contributed by atoms with Gasteiger partial charge in [0.2, 0.25) is 11.0 Å². The molecule has 0 fully saturated rings. The number of carbonyl (C=O) groups excluding carboxylic acids is 2. The topological polar surface area (TPSA) is 97.5 Å². The average Bonchev–Trinajstić information content (AvgIpc) is 2.28. The monoisotopic (exact) mass is 253 g/mol. The van der Waals surface area contributed by atoms with Crippen LogP contribution < -0.4 is 5.73 Å². The summed E-state index contributed by atoms with van der Waals surface area (Å²) >= 11 is 0.595. The highest BCUT2D eigenvalue weighted by molar-refractivity contribution is 8.15. The molecule has 0 aliphatic heterocycles. The number of carboxylic acid groups (broad SMARTS) is 1. The van der Waals surface area contributed by atoms with Gasteiger partial charge in [0.25, 0.3) is 0 Å². The van der Waals surface area contributed by atoms with Crippen molar-refractivity contribution in [2.24, 2.45) is 5.73 Å². The second kappa shape index (κ2) is 6.05. The lowest BCUT2D eigenvalue weighted by atomic mass is 10.2. The first-order chi connectivity index (χ1) is 8.00. The second-order valence-electron chi connectivity index (χ2n) is 3.27. The van der Waals surface area contributed by atoms with Crippen molar-refractivity contribution in [3.8, 4) is 0 Å². The molecule has 1 atom stereocenters. The smallest absolute Gasteiger partial charge is 0.317 e. The largest absolute Gasteiger partial charge is 0.480 e. The standard InChI is InChI=1S/C11H11NO4S/c12-9(13)6-8(10(14)15)17-11(16)7-4-2-1-3-5-7/h1-5,8H,6H2,(H2,12,13)(H,14,15)/t8-/m0/s1. The molecule has 0 saturated heterocycles. The Balaban J connectivity index is 2.71. The molecule has 0 aliphatic carbocycles. The molecule has 0 aromatic heterocycles. The third-order valence-corrected chi connectivity index (χ3v) is 3.02. The van der Waals surface area contributed by atoms with Gasteiger partial charge in [-0.3, -0.25) is 14.4 Å². The van der Waals surface area contributed by atoms with Gasteiger partial charge in [-0.1, -0.05) is 42.1 Å². The van der Waals surface area contributed by atoms with Crippen LogP contribution >= 0.6 is 11.8 Å². The summed E-state index contributed by atoms with van der Waals surface area (Å²) in [5.74, 6) is -1.97. The van der Waals surface area contributed by atoms with Gasteiger partial charge < -0.3 is 10.8 Å². The van der Waals surface area contributed by atoms with E-state index in [4.69, 9.17) is 10.8 Å². The molecule has 0 saturated carbocycles. The number of thioether (sulfide) groups is 1. The third-order valence-electron chi connectivity index (χ3n) is 1.92. The normalized spacial score (nSPS) is 11.8. The number of hydrogen-bond acceptors (Lipinski definition) is 4. The van der Waals surface area contributed by atoms with Crippen LogP contribution in [0.1, 0.15) is 16.8 Å². The van der Waals surface area contributed by atoms with Crippen molar-refractivity contribution in [3.63, 3.8) is 0 Å². The van der Waals surface area contributed by atoms with E-state index >= 15 is 0 Å². The molecule has 1 aromatic carbocycles. The summed E-state index contributed by atoms with van der Waals surface area (Å²) in [6.45, 7) is 0. The van der Waals surface area contributed by atoms with Crippen LogP contribution in [0.25, 0.3) is 0 Å². The molecule has 6 heteroatoms. The number of carboxylic acids is 1. The highest BCUT2D eigenvalue weighted by Gasteiger charge is 2.24. The molecular formula is C11H11NO4S. The molecule has 0 bridgehead atoms. The van der Waals surface area contributed by atoms with Gasteiger partial charge in [0.15, 0.2) is 0 Å². The fraction of sp³-hybridized carbons (Fsp3) is 0.182. The lowest BCUT2D eigenvalue weighted by Crippen LogP contribution is -2.25. The summed E-state index contributed by atoms with van der Waals surface area (Å²) in [6.07, 6.45) is -0.363. The van der Waals surface area contributed by atoms with Crippen LogP contribution in [-0.4, -0.2) is 27.3 Å². The molecule has 0 spiro atoms. The van der Waals surface area contributed by atoms with Gasteiger partial charge in [0.05, 0.1) is 0 Å². The van der Waals surface area contributed by atoms with Crippen molar-refractivity contribution < 1.29 is 19.5 Å². The minimum atomic E-state index is -1.22. The minimum Gasteiger partial charge on any atom is -0.480 e. The van der Waals surface area contributed by atoms with Crippen molar-refractivity contribution in [1.29, 1.82) is 0 Å². The molecule has 17 heavy (non-hydrogen) atoms. The Kier molecular flexibility index (Phi) is 4.71. The van der Waals surface area contributed by atoms with Crippen molar-refractivity contribution in [2.45, 2.75) is 11.7 Å². The molecule has 0 radical (unpaired) electrons. The second-order valence-corrected chi connectivity index (χ2v) is 4.44. The lowest BCUT2D eigenvalue weighted by molar-refractivity contribution is -0.137. The van der Waals surface area contributed by atoms with E-state index in [1.165, 1.54) is 0 Å². The Hall–Kier alpha value is -1.82. The van der Waals surface area contributed by atoms with E-state index in [1.807, 2.05) is 0 Å². The maximum atomic E-state index is 11.7. The summed E-state index contributed by atoms with van der Waals surface area (Å²) in [5.41, 5.74) is 5.32. The predicted octanol–water partition coefficient (Wildman–Crippen LogP) is 0.889. The molecule has 0 heterocycles. The molecule has 0 aliphatic rings. The Morgan fingerprint density at radius 1 is 1.24 bits per heavy atom. The zero-order valence-corrected chi connectivity index (χ0v) is 9.65. The molecule has 5 nitrogen and oxygen atoms in total. The van der Waals surface area contributed by atoms with Crippen LogP contribution in [0.4, 0.5) is 0 Å². The maximum absolute atomic E-state index is 11.7. The summed E-state index contributed by atoms with van der Waals surface area (Å²) in [6, 6.07) is 8.27. The number of rotatable bonds is 5. The molecule has 1 rings (SSSR count). The Labute approximate surface area is 102 Å². The van der Waals surface area contributed by atoms with Gasteiger partial charge in [-0.15, -0.1) is 0 Å². The fourth-order valence-electron chi connectivity index (χ4n) is 1.13. The van der Waals surface area contributed by atoms with E-state index in [0.29, 0.717) is 17.3 Å². The lowest BCUT2D eigenvalue weighted by Gasteiger charge is -2.08. The van der Waals surface area contributed by atoms with E-state index < -0.39 is 17.1 Å². The minimum absolute atomic E-state index is 0.363. The van der Waals surface area contributed by atoms with Gasteiger partial charge in [-0.25, -0.2) is 0 Å². The molecule has 3 N–H and O–H groups in total. The highest BCUT2D eigenvalue weighted by Crippen LogP contribution is 2.20. The van der Waals surface area contributed by atoms with Crippen molar-refractivity contribution >= 4 is 28.8 Å².